The van der Waals surface area contributed by atoms with Crippen molar-refractivity contribution in [2.24, 2.45) is 0 Å². The second-order valence-corrected chi connectivity index (χ2v) is 6.19. The van der Waals surface area contributed by atoms with Gasteiger partial charge in [0.1, 0.15) is 5.82 Å². The number of aryl methyl sites for hydroxylation is 1. The molecule has 0 spiro atoms. The van der Waals surface area contributed by atoms with Crippen LogP contribution in [0.2, 0.25) is 5.02 Å². The summed E-state index contributed by atoms with van der Waals surface area (Å²) in [5.74, 6) is 0.921. The van der Waals surface area contributed by atoms with E-state index in [1.54, 1.807) is 0 Å². The van der Waals surface area contributed by atoms with E-state index in [9.17, 15) is 0 Å². The molecule has 0 amide bonds. The topological polar surface area (TPSA) is 16.1 Å². The molecule has 1 saturated heterocycles. The maximum Gasteiger partial charge on any atom is 0.148 e. The molecule has 0 atom stereocenters. The normalized spacial score (nSPS) is 19.2. The van der Waals surface area contributed by atoms with Gasteiger partial charge in [0.2, 0.25) is 0 Å². The predicted molar refractivity (Wildman–Crippen MR) is 72.3 cm³/mol. The summed E-state index contributed by atoms with van der Waals surface area (Å²) in [6.45, 7) is 7.53. The van der Waals surface area contributed by atoms with E-state index in [-0.39, 0.29) is 5.54 Å². The maximum atomic E-state index is 6.27. The third kappa shape index (κ3) is 2.07. The van der Waals surface area contributed by atoms with Crippen LogP contribution in [0, 0.1) is 6.92 Å². The molecule has 1 aliphatic heterocycles. The molecule has 0 bridgehead atoms. The second-order valence-electron chi connectivity index (χ2n) is 4.93. The zero-order valence-corrected chi connectivity index (χ0v) is 12.2. The Morgan fingerprint density at radius 2 is 2.19 bits per heavy atom. The fourth-order valence-electron chi connectivity index (χ4n) is 2.24. The third-order valence-corrected chi connectivity index (χ3v) is 4.32. The smallest absolute Gasteiger partial charge is 0.148 e. The van der Waals surface area contributed by atoms with Crippen LogP contribution in [0.25, 0.3) is 0 Å². The fourth-order valence-corrected chi connectivity index (χ4v) is 2.94. The van der Waals surface area contributed by atoms with Crippen LogP contribution in [0.4, 0.5) is 5.82 Å². The van der Waals surface area contributed by atoms with Gasteiger partial charge in [-0.15, -0.1) is 0 Å². The summed E-state index contributed by atoms with van der Waals surface area (Å²) < 4.78 is 0.971. The first kappa shape index (κ1) is 12.2. The van der Waals surface area contributed by atoms with Crippen molar-refractivity contribution in [2.75, 3.05) is 11.4 Å². The monoisotopic (exact) mass is 302 g/mol. The Kier molecular flexibility index (Phi) is 3.19. The van der Waals surface area contributed by atoms with E-state index in [1.807, 2.05) is 13.0 Å². The summed E-state index contributed by atoms with van der Waals surface area (Å²) in [5, 5.41) is 0.729. The number of rotatable bonds is 1. The van der Waals surface area contributed by atoms with Gasteiger partial charge in [0.25, 0.3) is 0 Å². The quantitative estimate of drug-likeness (QED) is 0.773. The lowest BCUT2D eigenvalue weighted by Crippen LogP contribution is -2.39. The summed E-state index contributed by atoms with van der Waals surface area (Å²) in [6.07, 6.45) is 2.40. The Hall–Kier alpha value is -0.280. The van der Waals surface area contributed by atoms with Crippen molar-refractivity contribution in [1.82, 2.24) is 4.98 Å². The molecule has 0 saturated carbocycles. The zero-order valence-electron chi connectivity index (χ0n) is 9.85. The van der Waals surface area contributed by atoms with Crippen LogP contribution < -0.4 is 4.90 Å². The van der Waals surface area contributed by atoms with Crippen LogP contribution in [0.3, 0.4) is 0 Å². The lowest BCUT2D eigenvalue weighted by Gasteiger charge is -2.33. The first-order chi connectivity index (χ1) is 7.42. The number of halogens is 2. The van der Waals surface area contributed by atoms with E-state index < -0.39 is 0 Å². The predicted octanol–water partition coefficient (Wildman–Crippen LogP) is 4.18. The van der Waals surface area contributed by atoms with Crippen molar-refractivity contribution in [1.29, 1.82) is 0 Å². The SMILES string of the molecule is Cc1nc(N2CCCC2(C)C)c(Cl)cc1Br. The number of hydrogen-bond acceptors (Lipinski definition) is 2. The van der Waals surface area contributed by atoms with Crippen LogP contribution in [0.1, 0.15) is 32.4 Å². The van der Waals surface area contributed by atoms with Gasteiger partial charge in [-0.2, -0.15) is 0 Å². The van der Waals surface area contributed by atoms with Crippen LogP contribution >= 0.6 is 27.5 Å². The van der Waals surface area contributed by atoms with Gasteiger partial charge in [0.15, 0.2) is 0 Å². The Morgan fingerprint density at radius 1 is 1.50 bits per heavy atom. The van der Waals surface area contributed by atoms with E-state index in [0.717, 1.165) is 27.6 Å². The molecule has 0 N–H and O–H groups in total. The first-order valence-corrected chi connectivity index (χ1v) is 6.69. The van der Waals surface area contributed by atoms with E-state index in [1.165, 1.54) is 12.8 Å². The van der Waals surface area contributed by atoms with Gasteiger partial charge in [-0.25, -0.2) is 4.98 Å². The van der Waals surface area contributed by atoms with Gasteiger partial charge in [0, 0.05) is 16.6 Å². The Bertz CT molecular complexity index is 418. The zero-order chi connectivity index (χ0) is 11.9. The van der Waals surface area contributed by atoms with Crippen LogP contribution in [0.15, 0.2) is 10.5 Å². The van der Waals surface area contributed by atoms with E-state index in [2.05, 4.69) is 39.7 Å². The minimum atomic E-state index is 0.164. The average Bonchev–Trinajstić information content (AvgIpc) is 2.52. The average molecular weight is 304 g/mol. The number of hydrogen-bond donors (Lipinski definition) is 0. The minimum absolute atomic E-state index is 0.164. The maximum absolute atomic E-state index is 6.27. The molecule has 0 unspecified atom stereocenters. The van der Waals surface area contributed by atoms with Gasteiger partial charge in [-0.1, -0.05) is 11.6 Å². The molecule has 2 nitrogen and oxygen atoms in total. The van der Waals surface area contributed by atoms with E-state index in [0.29, 0.717) is 0 Å². The van der Waals surface area contributed by atoms with Gasteiger partial charge in [0.05, 0.1) is 10.7 Å². The molecule has 1 aliphatic rings. The summed E-state index contributed by atoms with van der Waals surface area (Å²) in [6, 6.07) is 1.94. The number of aromatic nitrogens is 1. The summed E-state index contributed by atoms with van der Waals surface area (Å²) in [5.41, 5.74) is 1.15. The molecule has 0 radical (unpaired) electrons. The summed E-state index contributed by atoms with van der Waals surface area (Å²) >= 11 is 9.73. The van der Waals surface area contributed by atoms with Crippen LogP contribution in [0.5, 0.6) is 0 Å². The molecule has 1 fully saturated rings. The lowest BCUT2D eigenvalue weighted by atomic mass is 10.0. The molecule has 88 valence electrons. The van der Waals surface area contributed by atoms with E-state index >= 15 is 0 Å². The Balaban J connectivity index is 2.44. The third-order valence-electron chi connectivity index (χ3n) is 3.24. The Labute approximate surface area is 110 Å². The molecule has 4 heteroatoms. The molecule has 1 aromatic rings. The van der Waals surface area contributed by atoms with Crippen molar-refractivity contribution in [3.63, 3.8) is 0 Å². The molecule has 0 aromatic carbocycles. The van der Waals surface area contributed by atoms with Gasteiger partial charge in [-0.05, 0) is 55.6 Å². The van der Waals surface area contributed by atoms with Crippen molar-refractivity contribution >= 4 is 33.3 Å². The highest BCUT2D eigenvalue weighted by Gasteiger charge is 2.34. The second kappa shape index (κ2) is 4.19. The molecule has 0 aliphatic carbocycles. The van der Waals surface area contributed by atoms with Crippen molar-refractivity contribution < 1.29 is 0 Å². The fraction of sp³-hybridized carbons (Fsp3) is 0.583. The molecule has 16 heavy (non-hydrogen) atoms. The van der Waals surface area contributed by atoms with E-state index in [4.69, 9.17) is 11.6 Å². The Morgan fingerprint density at radius 3 is 2.75 bits per heavy atom. The number of anilines is 1. The van der Waals surface area contributed by atoms with Crippen LogP contribution in [-0.4, -0.2) is 17.1 Å². The lowest BCUT2D eigenvalue weighted by molar-refractivity contribution is 0.514. The molecule has 1 aromatic heterocycles. The first-order valence-electron chi connectivity index (χ1n) is 5.52. The summed E-state index contributed by atoms with van der Waals surface area (Å²) in [7, 11) is 0. The van der Waals surface area contributed by atoms with Crippen LogP contribution in [-0.2, 0) is 0 Å². The minimum Gasteiger partial charge on any atom is -0.350 e. The largest absolute Gasteiger partial charge is 0.350 e. The van der Waals surface area contributed by atoms with Crippen molar-refractivity contribution in [2.45, 2.75) is 39.2 Å². The molecule has 2 rings (SSSR count). The van der Waals surface area contributed by atoms with Crippen molar-refractivity contribution in [3.8, 4) is 0 Å². The highest BCUT2D eigenvalue weighted by atomic mass is 79.9. The standard InChI is InChI=1S/C12H16BrClN2/c1-8-9(13)7-10(14)11(15-8)16-6-4-5-12(16,2)3/h7H,4-6H2,1-3H3. The highest BCUT2D eigenvalue weighted by Crippen LogP contribution is 2.37. The number of nitrogens with zero attached hydrogens (tertiary/aromatic N) is 2. The molecular formula is C12H16BrClN2. The summed E-state index contributed by atoms with van der Waals surface area (Å²) in [4.78, 5) is 6.91. The van der Waals surface area contributed by atoms with Gasteiger partial charge >= 0.3 is 0 Å². The highest BCUT2D eigenvalue weighted by molar-refractivity contribution is 9.10. The number of pyridine rings is 1. The van der Waals surface area contributed by atoms with Gasteiger partial charge < -0.3 is 4.90 Å². The molecular weight excluding hydrogens is 288 g/mol. The van der Waals surface area contributed by atoms with Crippen molar-refractivity contribution in [3.05, 3.63) is 21.3 Å². The molecule has 2 heterocycles. The van der Waals surface area contributed by atoms with Gasteiger partial charge in [-0.3, -0.25) is 0 Å².